The minimum absolute atomic E-state index is 0.0921. The predicted octanol–water partition coefficient (Wildman–Crippen LogP) is 6.62. The molecule has 4 aromatic rings. The zero-order valence-corrected chi connectivity index (χ0v) is 20.9. The first-order chi connectivity index (χ1) is 17.9. The number of Topliss-reactive ketones (excluding diaryl/α,β-unsaturated/α-hetero) is 1. The van der Waals surface area contributed by atoms with Crippen molar-refractivity contribution in [2.75, 3.05) is 6.61 Å². The Morgan fingerprint density at radius 2 is 1.78 bits per heavy atom. The Morgan fingerprint density at radius 1 is 1.03 bits per heavy atom. The van der Waals surface area contributed by atoms with Crippen molar-refractivity contribution in [2.24, 2.45) is 0 Å². The van der Waals surface area contributed by atoms with Crippen molar-refractivity contribution in [2.45, 2.75) is 18.8 Å². The van der Waals surface area contributed by atoms with Gasteiger partial charge < -0.3 is 14.6 Å². The van der Waals surface area contributed by atoms with Crippen LogP contribution in [0.3, 0.4) is 0 Å². The summed E-state index contributed by atoms with van der Waals surface area (Å²) in [7, 11) is 0. The number of benzene rings is 3. The van der Waals surface area contributed by atoms with E-state index in [9.17, 15) is 14.7 Å². The van der Waals surface area contributed by atoms with Crippen molar-refractivity contribution in [3.05, 3.63) is 99.8 Å². The Hall–Kier alpha value is -3.94. The van der Waals surface area contributed by atoms with Crippen LogP contribution >= 0.6 is 23.2 Å². The molecule has 1 N–H and O–H groups in total. The van der Waals surface area contributed by atoms with Crippen molar-refractivity contribution in [3.8, 4) is 28.6 Å². The highest BCUT2D eigenvalue weighted by Crippen LogP contribution is 2.41. The first-order valence-electron chi connectivity index (χ1n) is 11.4. The molecule has 1 unspecified atom stereocenters. The standard InChI is InChI=1S/C28H20Cl2N2O5/c29-19-3-1-2-18(11-19)27-31-14-16(15-32-27)10-24(33)17-4-6-20(7-5-17)37-26-13-25-22(12-23(26)30)21(28(34)35)8-9-36-25/h1-7,11-15,21H,8-10H2,(H,34,35). The zero-order chi connectivity index (χ0) is 25.9. The number of ketones is 1. The summed E-state index contributed by atoms with van der Waals surface area (Å²) in [5.41, 5.74) is 2.53. The molecule has 1 aliphatic heterocycles. The smallest absolute Gasteiger partial charge is 0.311 e. The Labute approximate surface area is 222 Å². The maximum absolute atomic E-state index is 12.8. The van der Waals surface area contributed by atoms with Crippen LogP contribution in [0.15, 0.2) is 73.1 Å². The van der Waals surface area contributed by atoms with Crippen molar-refractivity contribution in [1.82, 2.24) is 9.97 Å². The Bertz CT molecular complexity index is 1470. The first-order valence-corrected chi connectivity index (χ1v) is 12.2. The molecule has 0 radical (unpaired) electrons. The molecule has 5 rings (SSSR count). The molecule has 0 bridgehead atoms. The number of aromatic nitrogens is 2. The highest BCUT2D eigenvalue weighted by atomic mass is 35.5. The lowest BCUT2D eigenvalue weighted by Crippen LogP contribution is -2.20. The van der Waals surface area contributed by atoms with Gasteiger partial charge in [-0.05, 0) is 54.4 Å². The van der Waals surface area contributed by atoms with Crippen LogP contribution in [-0.4, -0.2) is 33.4 Å². The molecule has 1 aromatic heterocycles. The SMILES string of the molecule is O=C(Cc1cnc(-c2cccc(Cl)c2)nc1)c1ccc(Oc2cc3c(cc2Cl)C(C(=O)O)CCO3)cc1. The molecule has 9 heteroatoms. The average Bonchev–Trinajstić information content (AvgIpc) is 2.89. The van der Waals surface area contributed by atoms with E-state index in [4.69, 9.17) is 32.7 Å². The van der Waals surface area contributed by atoms with Gasteiger partial charge in [-0.3, -0.25) is 9.59 Å². The Morgan fingerprint density at radius 3 is 2.49 bits per heavy atom. The number of rotatable bonds is 7. The second-order valence-corrected chi connectivity index (χ2v) is 9.34. The van der Waals surface area contributed by atoms with E-state index >= 15 is 0 Å². The maximum atomic E-state index is 12.8. The summed E-state index contributed by atoms with van der Waals surface area (Å²) in [5.74, 6) is 0.0989. The Balaban J connectivity index is 1.25. The molecule has 1 aliphatic rings. The number of hydrogen-bond donors (Lipinski definition) is 1. The number of carbonyl (C=O) groups is 2. The van der Waals surface area contributed by atoms with Gasteiger partial charge in [0.15, 0.2) is 11.6 Å². The van der Waals surface area contributed by atoms with Gasteiger partial charge in [0.05, 0.1) is 17.5 Å². The summed E-state index contributed by atoms with van der Waals surface area (Å²) in [6.07, 6.45) is 3.79. The fraction of sp³-hybridized carbons (Fsp3) is 0.143. The summed E-state index contributed by atoms with van der Waals surface area (Å²) in [5, 5.41) is 10.3. The zero-order valence-electron chi connectivity index (χ0n) is 19.4. The van der Waals surface area contributed by atoms with E-state index in [1.54, 1.807) is 60.9 Å². The van der Waals surface area contributed by atoms with Gasteiger partial charge >= 0.3 is 5.97 Å². The van der Waals surface area contributed by atoms with Crippen LogP contribution in [-0.2, 0) is 11.2 Å². The van der Waals surface area contributed by atoms with E-state index in [2.05, 4.69) is 9.97 Å². The van der Waals surface area contributed by atoms with Crippen LogP contribution < -0.4 is 9.47 Å². The largest absolute Gasteiger partial charge is 0.493 e. The normalized spacial score (nSPS) is 14.4. The second-order valence-electron chi connectivity index (χ2n) is 8.50. The molecular formula is C28H20Cl2N2O5. The first kappa shape index (κ1) is 24.7. The fourth-order valence-corrected chi connectivity index (χ4v) is 4.47. The third-order valence-corrected chi connectivity index (χ3v) is 6.49. The molecule has 0 spiro atoms. The number of ether oxygens (including phenoxy) is 2. The molecular weight excluding hydrogens is 515 g/mol. The number of carbonyl (C=O) groups excluding carboxylic acids is 1. The van der Waals surface area contributed by atoms with E-state index < -0.39 is 11.9 Å². The Kier molecular flexibility index (Phi) is 7.08. The van der Waals surface area contributed by atoms with Gasteiger partial charge in [-0.1, -0.05) is 35.3 Å². The van der Waals surface area contributed by atoms with Gasteiger partial charge in [0, 0.05) is 46.6 Å². The molecule has 0 amide bonds. The quantitative estimate of drug-likeness (QED) is 0.266. The molecule has 1 atom stereocenters. The van der Waals surface area contributed by atoms with E-state index in [1.807, 2.05) is 12.1 Å². The summed E-state index contributed by atoms with van der Waals surface area (Å²) in [6.45, 7) is 0.302. The summed E-state index contributed by atoms with van der Waals surface area (Å²) < 4.78 is 11.5. The third kappa shape index (κ3) is 5.58. The van der Waals surface area contributed by atoms with Gasteiger partial charge in [0.1, 0.15) is 17.2 Å². The summed E-state index contributed by atoms with van der Waals surface area (Å²) in [6, 6.07) is 17.1. The summed E-state index contributed by atoms with van der Waals surface area (Å²) in [4.78, 5) is 33.0. The molecule has 37 heavy (non-hydrogen) atoms. The van der Waals surface area contributed by atoms with Crippen molar-refractivity contribution in [3.63, 3.8) is 0 Å². The van der Waals surface area contributed by atoms with Crippen molar-refractivity contribution >= 4 is 35.0 Å². The van der Waals surface area contributed by atoms with Crippen LogP contribution in [0.25, 0.3) is 11.4 Å². The minimum Gasteiger partial charge on any atom is -0.493 e. The molecule has 2 heterocycles. The molecule has 0 saturated carbocycles. The lowest BCUT2D eigenvalue weighted by molar-refractivity contribution is -0.139. The van der Waals surface area contributed by atoms with Crippen LogP contribution in [0.2, 0.25) is 10.0 Å². The number of aliphatic carboxylic acids is 1. The maximum Gasteiger partial charge on any atom is 0.311 e. The molecule has 0 saturated heterocycles. The van der Waals surface area contributed by atoms with Gasteiger partial charge in [-0.25, -0.2) is 9.97 Å². The molecule has 3 aromatic carbocycles. The highest BCUT2D eigenvalue weighted by molar-refractivity contribution is 6.32. The average molecular weight is 535 g/mol. The van der Waals surface area contributed by atoms with Gasteiger partial charge in [0.25, 0.3) is 0 Å². The van der Waals surface area contributed by atoms with Crippen molar-refractivity contribution in [1.29, 1.82) is 0 Å². The third-order valence-electron chi connectivity index (χ3n) is 5.96. The number of carboxylic acid groups (broad SMARTS) is 1. The predicted molar refractivity (Wildman–Crippen MR) is 139 cm³/mol. The van der Waals surface area contributed by atoms with Crippen LogP contribution in [0.5, 0.6) is 17.2 Å². The molecule has 0 fully saturated rings. The molecule has 186 valence electrons. The molecule has 0 aliphatic carbocycles. The lowest BCUT2D eigenvalue weighted by Gasteiger charge is -2.24. The fourth-order valence-electron chi connectivity index (χ4n) is 4.07. The monoisotopic (exact) mass is 534 g/mol. The van der Waals surface area contributed by atoms with E-state index in [-0.39, 0.29) is 17.2 Å². The second kappa shape index (κ2) is 10.6. The van der Waals surface area contributed by atoms with E-state index in [0.717, 1.165) is 5.56 Å². The van der Waals surface area contributed by atoms with E-state index in [0.29, 0.717) is 57.8 Å². The lowest BCUT2D eigenvalue weighted by atomic mass is 9.93. The van der Waals surface area contributed by atoms with Gasteiger partial charge in [-0.15, -0.1) is 0 Å². The molecule has 7 nitrogen and oxygen atoms in total. The number of hydrogen-bond acceptors (Lipinski definition) is 6. The summed E-state index contributed by atoms with van der Waals surface area (Å²) >= 11 is 12.4. The van der Waals surface area contributed by atoms with Gasteiger partial charge in [0.2, 0.25) is 0 Å². The minimum atomic E-state index is -0.918. The van der Waals surface area contributed by atoms with Crippen LogP contribution in [0, 0.1) is 0 Å². The topological polar surface area (TPSA) is 98.6 Å². The van der Waals surface area contributed by atoms with Crippen LogP contribution in [0.1, 0.15) is 33.8 Å². The van der Waals surface area contributed by atoms with Crippen molar-refractivity contribution < 1.29 is 24.2 Å². The van der Waals surface area contributed by atoms with Gasteiger partial charge in [-0.2, -0.15) is 0 Å². The highest BCUT2D eigenvalue weighted by Gasteiger charge is 2.29. The van der Waals surface area contributed by atoms with Crippen LogP contribution in [0.4, 0.5) is 0 Å². The number of nitrogens with zero attached hydrogens (tertiary/aromatic N) is 2. The number of carboxylic acids is 1. The number of fused-ring (bicyclic) bond motifs is 1. The number of halogens is 2. The van der Waals surface area contributed by atoms with E-state index in [1.165, 1.54) is 0 Å².